The summed E-state index contributed by atoms with van der Waals surface area (Å²) in [5, 5.41) is 0. The molecule has 0 spiro atoms. The van der Waals surface area contributed by atoms with Crippen LogP contribution < -0.4 is 24.8 Å². The van der Waals surface area contributed by atoms with Crippen LogP contribution in [0.25, 0.3) is 11.1 Å². The molecule has 312 valence electrons. The molecule has 0 heterocycles. The maximum absolute atomic E-state index is 12.7. The van der Waals surface area contributed by atoms with Crippen LogP contribution in [0, 0.1) is 12.1 Å². The molecule has 9 heteroatoms. The molecule has 0 N–H and O–H groups in total. The Morgan fingerprint density at radius 3 is 1.38 bits per heavy atom. The molecule has 0 saturated heterocycles. The van der Waals surface area contributed by atoms with Crippen LogP contribution >= 0.6 is 0 Å². The standard InChI is InChI=1S/C29H41.C15H8F6.C5H5.2ClH.Zr/c1-26(2,3)22-14-18-13-19-15-23(27(4,5)6)25(29(10,11)12)17-21(19)20(18)16-24(22)28(7,8)9;16-14(17,18)12-5-1-3-10(8-12)7-11-4-2-6-13(9-11)15(19,20)21;1-2-4-5-3-1;;;/h14,16-17H,13H2,1-12H3;1-6,8-9H;1-3H,4H2;2*1H;/q-1;;-1;;;+2/p-2. The van der Waals surface area contributed by atoms with Crippen LogP contribution in [0.1, 0.15) is 145 Å². The molecule has 4 aromatic carbocycles. The molecule has 0 radical (unpaired) electrons. The topological polar surface area (TPSA) is 0 Å². The summed E-state index contributed by atoms with van der Waals surface area (Å²) in [7, 11) is 0. The van der Waals surface area contributed by atoms with Gasteiger partial charge in [-0.3, -0.25) is 6.08 Å². The fraction of sp³-hybridized carbons (Fsp3) is 0.408. The van der Waals surface area contributed by atoms with Gasteiger partial charge in [0.05, 0.1) is 0 Å². The van der Waals surface area contributed by atoms with Gasteiger partial charge in [-0.05, 0) is 39.4 Å². The van der Waals surface area contributed by atoms with Gasteiger partial charge in [0.2, 0.25) is 0 Å². The van der Waals surface area contributed by atoms with Crippen molar-refractivity contribution in [3.05, 3.63) is 153 Å². The van der Waals surface area contributed by atoms with Gasteiger partial charge >= 0.3 is 137 Å². The van der Waals surface area contributed by atoms with E-state index in [-0.39, 0.29) is 57.6 Å². The van der Waals surface area contributed by atoms with Gasteiger partial charge in [0.25, 0.3) is 0 Å². The SMILES string of the molecule is CC(C)(C)c1[c-]c2c(cc1C(C)(C)C)-c1cc(C(C)(C)C)c(C(C)(C)C)cc1C2.FC(F)(F)c1cccc([C](=[Zr+2])c2cccc(C(F)(F)F)c2)c1.[C-]1=CC=CC1.[Cl-].[Cl-]. The predicted molar refractivity (Wildman–Crippen MR) is 216 cm³/mol. The zero-order valence-corrected chi connectivity index (χ0v) is 39.5. The van der Waals surface area contributed by atoms with E-state index >= 15 is 0 Å². The van der Waals surface area contributed by atoms with Gasteiger partial charge in [0.15, 0.2) is 0 Å². The Balaban J connectivity index is 0.000000354. The Morgan fingerprint density at radius 1 is 0.569 bits per heavy atom. The number of alkyl halides is 6. The van der Waals surface area contributed by atoms with Crippen LogP contribution in [0.4, 0.5) is 26.3 Å². The number of fused-ring (bicyclic) bond motifs is 3. The summed E-state index contributed by atoms with van der Waals surface area (Å²) in [5.41, 5.74) is 10.8. The van der Waals surface area contributed by atoms with Crippen molar-refractivity contribution in [1.29, 1.82) is 0 Å². The van der Waals surface area contributed by atoms with Crippen molar-refractivity contribution in [2.45, 2.75) is 130 Å². The first kappa shape index (κ1) is 51.4. The Morgan fingerprint density at radius 2 is 1.02 bits per heavy atom. The largest absolute Gasteiger partial charge is 1.00 e. The van der Waals surface area contributed by atoms with Gasteiger partial charge < -0.3 is 24.8 Å². The minimum Gasteiger partial charge on any atom is -1.00 e. The molecule has 0 unspecified atom stereocenters. The molecule has 4 aromatic rings. The van der Waals surface area contributed by atoms with Gasteiger partial charge in [-0.1, -0.05) is 106 Å². The molecule has 0 fully saturated rings. The fourth-order valence-electron chi connectivity index (χ4n) is 6.83. The monoisotopic (exact) mass is 916 g/mol. The van der Waals surface area contributed by atoms with E-state index in [0.717, 1.165) is 61.3 Å². The van der Waals surface area contributed by atoms with Crippen molar-refractivity contribution in [3.63, 3.8) is 0 Å². The van der Waals surface area contributed by atoms with Gasteiger partial charge in [-0.25, -0.2) is 12.2 Å². The summed E-state index contributed by atoms with van der Waals surface area (Å²) in [6, 6.07) is 20.6. The second kappa shape index (κ2) is 18.9. The smallest absolute Gasteiger partial charge is 0.109 e. The minimum atomic E-state index is -4.49. The molecule has 0 bridgehead atoms. The average molecular weight is 919 g/mol. The van der Waals surface area contributed by atoms with E-state index in [0.29, 0.717) is 3.21 Å². The average Bonchev–Trinajstić information content (AvgIpc) is 3.77. The van der Waals surface area contributed by atoms with Crippen LogP contribution in [0.5, 0.6) is 0 Å². The van der Waals surface area contributed by atoms with E-state index in [2.05, 4.69) is 120 Å². The summed E-state index contributed by atoms with van der Waals surface area (Å²) >= 11 is 0.729. The van der Waals surface area contributed by atoms with Crippen LogP contribution in [-0.4, -0.2) is 3.21 Å². The second-order valence-electron chi connectivity index (χ2n) is 18.7. The van der Waals surface area contributed by atoms with Crippen molar-refractivity contribution in [2.24, 2.45) is 0 Å². The van der Waals surface area contributed by atoms with Gasteiger partial charge in [-0.2, -0.15) is 23.8 Å². The van der Waals surface area contributed by atoms with Gasteiger partial charge in [0, 0.05) is 0 Å². The third kappa shape index (κ3) is 12.9. The summed E-state index contributed by atoms with van der Waals surface area (Å²) in [6.07, 6.45) is 2.03. The summed E-state index contributed by atoms with van der Waals surface area (Å²) in [4.78, 5) is 0. The second-order valence-corrected chi connectivity index (χ2v) is 19.9. The van der Waals surface area contributed by atoms with E-state index in [4.69, 9.17) is 0 Å². The molecule has 2 aliphatic rings. The van der Waals surface area contributed by atoms with Crippen molar-refractivity contribution < 1.29 is 75.4 Å². The Bertz CT molecular complexity index is 1980. The van der Waals surface area contributed by atoms with Crippen molar-refractivity contribution in [2.75, 3.05) is 0 Å². The number of halogens is 8. The van der Waals surface area contributed by atoms with Crippen molar-refractivity contribution in [3.8, 4) is 11.1 Å². The molecule has 0 aromatic heterocycles. The first-order chi connectivity index (χ1) is 25.5. The Hall–Kier alpha value is -2.73. The Labute approximate surface area is 370 Å². The first-order valence-electron chi connectivity index (χ1n) is 18.9. The maximum atomic E-state index is 12.7. The quantitative estimate of drug-likeness (QED) is 0.123. The van der Waals surface area contributed by atoms with Gasteiger partial charge in [-0.15, -0.1) is 23.1 Å². The van der Waals surface area contributed by atoms with Crippen LogP contribution in [0.2, 0.25) is 0 Å². The van der Waals surface area contributed by atoms with Crippen LogP contribution in [0.3, 0.4) is 0 Å². The van der Waals surface area contributed by atoms with Crippen LogP contribution in [-0.2, 0) is 64.7 Å². The third-order valence-electron chi connectivity index (χ3n) is 9.78. The molecule has 0 aliphatic heterocycles. The zero-order chi connectivity index (χ0) is 42.2. The third-order valence-corrected chi connectivity index (χ3v) is 11.2. The number of rotatable bonds is 2. The van der Waals surface area contributed by atoms with E-state index in [1.54, 1.807) is 0 Å². The number of hydrogen-bond acceptors (Lipinski definition) is 0. The predicted octanol–water partition coefficient (Wildman–Crippen LogP) is 8.40. The number of benzene rings is 4. The normalized spacial score (nSPS) is 13.6. The first-order valence-corrected chi connectivity index (χ1v) is 20.2. The molecule has 58 heavy (non-hydrogen) atoms. The molecule has 0 atom stereocenters. The fourth-order valence-corrected chi connectivity index (χ4v) is 7.60. The van der Waals surface area contributed by atoms with E-state index in [9.17, 15) is 26.3 Å². The zero-order valence-electron chi connectivity index (χ0n) is 35.5. The summed E-state index contributed by atoms with van der Waals surface area (Å²) < 4.78 is 76.7. The van der Waals surface area contributed by atoms with E-state index in [1.807, 2.05) is 12.2 Å². The Kier molecular flexibility index (Phi) is 16.8. The molecule has 0 saturated carbocycles. The number of allylic oxidation sites excluding steroid dienone is 4. The van der Waals surface area contributed by atoms with Crippen molar-refractivity contribution >= 4 is 3.21 Å². The maximum Gasteiger partial charge on any atom is -0.109 e. The van der Waals surface area contributed by atoms with E-state index < -0.39 is 23.5 Å². The molecular weight excluding hydrogens is 865 g/mol. The molecular formula is C49H54Cl2F6Zr-2. The van der Waals surface area contributed by atoms with Crippen LogP contribution in [0.15, 0.2) is 85.0 Å². The molecule has 2 aliphatic carbocycles. The molecule has 0 nitrogen and oxygen atoms in total. The minimum absolute atomic E-state index is 0. The summed E-state index contributed by atoms with van der Waals surface area (Å²) in [6.45, 7) is 28.0. The summed E-state index contributed by atoms with van der Waals surface area (Å²) in [5.74, 6) is 0. The van der Waals surface area contributed by atoms with Crippen molar-refractivity contribution in [1.82, 2.24) is 0 Å². The van der Waals surface area contributed by atoms with Gasteiger partial charge in [0.1, 0.15) is 0 Å². The molecule has 0 amide bonds. The van der Waals surface area contributed by atoms with E-state index in [1.165, 1.54) is 68.8 Å². The molecule has 6 rings (SSSR count). The number of hydrogen-bond donors (Lipinski definition) is 0.